The van der Waals surface area contributed by atoms with Crippen LogP contribution in [0.1, 0.15) is 45.4 Å². The average molecular weight is 282 g/mol. The van der Waals surface area contributed by atoms with E-state index in [-0.39, 0.29) is 24.9 Å². The van der Waals surface area contributed by atoms with Crippen LogP contribution in [0, 0.1) is 5.92 Å². The fourth-order valence-electron chi connectivity index (χ4n) is 3.10. The molecule has 6 nitrogen and oxygen atoms in total. The Morgan fingerprint density at radius 1 is 1.40 bits per heavy atom. The number of imide groups is 1. The quantitative estimate of drug-likeness (QED) is 0.625. The largest absolute Gasteiger partial charge is 0.469 e. The summed E-state index contributed by atoms with van der Waals surface area (Å²) < 4.78 is 4.54. The van der Waals surface area contributed by atoms with Gasteiger partial charge in [0, 0.05) is 6.54 Å². The first-order chi connectivity index (χ1) is 9.52. The molecule has 2 rings (SSSR count). The number of hydrogen-bond acceptors (Lipinski definition) is 4. The van der Waals surface area contributed by atoms with Crippen molar-refractivity contribution in [3.8, 4) is 0 Å². The Bertz CT molecular complexity index is 413. The Hall–Kier alpha value is -1.59. The van der Waals surface area contributed by atoms with Crippen molar-refractivity contribution in [1.29, 1.82) is 0 Å². The molecule has 1 spiro atoms. The lowest BCUT2D eigenvalue weighted by molar-refractivity contribution is -0.141. The Morgan fingerprint density at radius 2 is 2.05 bits per heavy atom. The van der Waals surface area contributed by atoms with Crippen LogP contribution in [0.3, 0.4) is 0 Å². The molecule has 1 saturated heterocycles. The van der Waals surface area contributed by atoms with Crippen LogP contribution in [0.15, 0.2) is 0 Å². The second kappa shape index (κ2) is 5.81. The van der Waals surface area contributed by atoms with Crippen molar-refractivity contribution in [1.82, 2.24) is 10.2 Å². The van der Waals surface area contributed by atoms with Crippen molar-refractivity contribution in [3.05, 3.63) is 0 Å². The maximum atomic E-state index is 12.5. The lowest BCUT2D eigenvalue weighted by atomic mass is 9.75. The third kappa shape index (κ3) is 2.64. The normalized spacial score (nSPS) is 29.7. The number of carbonyl (C=O) groups excluding carboxylic acids is 3. The molecular weight excluding hydrogens is 260 g/mol. The number of esters is 1. The molecule has 2 aliphatic rings. The predicted octanol–water partition coefficient (Wildman–Crippen LogP) is 1.44. The summed E-state index contributed by atoms with van der Waals surface area (Å²) in [5.74, 6) is 0.0524. The van der Waals surface area contributed by atoms with Gasteiger partial charge in [-0.15, -0.1) is 0 Å². The van der Waals surface area contributed by atoms with Crippen LogP contribution >= 0.6 is 0 Å². The van der Waals surface area contributed by atoms with Gasteiger partial charge in [0.2, 0.25) is 0 Å². The highest BCUT2D eigenvalue weighted by molar-refractivity contribution is 6.07. The first-order valence-electron chi connectivity index (χ1n) is 7.23. The molecule has 0 atom stereocenters. The molecule has 0 aromatic rings. The van der Waals surface area contributed by atoms with Gasteiger partial charge in [-0.05, 0) is 31.6 Å². The summed E-state index contributed by atoms with van der Waals surface area (Å²) in [6.45, 7) is 2.25. The zero-order chi connectivity index (χ0) is 14.8. The Balaban J connectivity index is 2.00. The van der Waals surface area contributed by atoms with Crippen LogP contribution in [0.25, 0.3) is 0 Å². The minimum atomic E-state index is -0.723. The maximum absolute atomic E-state index is 12.5. The lowest BCUT2D eigenvalue weighted by Crippen LogP contribution is -2.49. The highest BCUT2D eigenvalue weighted by atomic mass is 16.5. The minimum absolute atomic E-state index is 0.0450. The van der Waals surface area contributed by atoms with E-state index in [1.54, 1.807) is 0 Å². The summed E-state index contributed by atoms with van der Waals surface area (Å²) in [5.41, 5.74) is -0.723. The van der Waals surface area contributed by atoms with Crippen molar-refractivity contribution in [2.45, 2.75) is 51.0 Å². The van der Waals surface area contributed by atoms with Gasteiger partial charge in [0.1, 0.15) is 5.54 Å². The number of rotatable bonds is 4. The van der Waals surface area contributed by atoms with Crippen LogP contribution in [0.2, 0.25) is 0 Å². The van der Waals surface area contributed by atoms with Crippen LogP contribution in [-0.4, -0.2) is 42.0 Å². The van der Waals surface area contributed by atoms with Crippen LogP contribution in [0.4, 0.5) is 4.79 Å². The van der Waals surface area contributed by atoms with Gasteiger partial charge in [0.15, 0.2) is 0 Å². The molecule has 112 valence electrons. The first kappa shape index (κ1) is 14.8. The molecule has 0 unspecified atom stereocenters. The Kier molecular flexibility index (Phi) is 4.30. The molecule has 1 N–H and O–H groups in total. The molecule has 1 aliphatic carbocycles. The highest BCUT2D eigenvalue weighted by Crippen LogP contribution is 2.37. The van der Waals surface area contributed by atoms with E-state index in [9.17, 15) is 14.4 Å². The summed E-state index contributed by atoms with van der Waals surface area (Å²) in [5, 5.41) is 2.84. The second-order valence-electron chi connectivity index (χ2n) is 5.65. The molecule has 20 heavy (non-hydrogen) atoms. The molecule has 0 radical (unpaired) electrons. The van der Waals surface area contributed by atoms with Crippen molar-refractivity contribution < 1.29 is 19.1 Å². The lowest BCUT2D eigenvalue weighted by Gasteiger charge is -2.34. The summed E-state index contributed by atoms with van der Waals surface area (Å²) >= 11 is 0. The van der Waals surface area contributed by atoms with E-state index < -0.39 is 11.5 Å². The molecule has 0 aromatic carbocycles. The van der Waals surface area contributed by atoms with E-state index in [0.29, 0.717) is 18.8 Å². The summed E-state index contributed by atoms with van der Waals surface area (Å²) in [6.07, 6.45) is 4.49. The average Bonchev–Trinajstić information content (AvgIpc) is 2.69. The van der Waals surface area contributed by atoms with Gasteiger partial charge in [0.05, 0.1) is 13.5 Å². The molecule has 6 heteroatoms. The monoisotopic (exact) mass is 282 g/mol. The van der Waals surface area contributed by atoms with Gasteiger partial charge in [-0.3, -0.25) is 14.5 Å². The summed E-state index contributed by atoms with van der Waals surface area (Å²) in [6, 6.07) is -0.381. The number of urea groups is 1. The number of ether oxygens (including phenoxy) is 1. The first-order valence-corrected chi connectivity index (χ1v) is 7.23. The number of amides is 3. The minimum Gasteiger partial charge on any atom is -0.469 e. The smallest absolute Gasteiger partial charge is 0.325 e. The standard InChI is InChI=1S/C14H22N2O4/c1-3-10-4-7-14(8-5-10)12(18)16(13(19)15-14)9-6-11(17)20-2/h10H,3-9H2,1-2H3,(H,15,19). The van der Waals surface area contributed by atoms with Crippen LogP contribution in [0.5, 0.6) is 0 Å². The van der Waals surface area contributed by atoms with Gasteiger partial charge in [-0.25, -0.2) is 4.79 Å². The Morgan fingerprint density at radius 3 is 2.60 bits per heavy atom. The molecule has 0 aromatic heterocycles. The summed E-state index contributed by atoms with van der Waals surface area (Å²) in [7, 11) is 1.29. The molecule has 3 amide bonds. The van der Waals surface area contributed by atoms with Crippen molar-refractivity contribution in [2.24, 2.45) is 5.92 Å². The van der Waals surface area contributed by atoms with E-state index in [1.165, 1.54) is 7.11 Å². The third-order valence-corrected chi connectivity index (χ3v) is 4.55. The topological polar surface area (TPSA) is 75.7 Å². The third-order valence-electron chi connectivity index (χ3n) is 4.55. The van der Waals surface area contributed by atoms with Gasteiger partial charge in [0.25, 0.3) is 5.91 Å². The second-order valence-corrected chi connectivity index (χ2v) is 5.65. The molecule has 1 aliphatic heterocycles. The number of hydrogen-bond donors (Lipinski definition) is 1. The fraction of sp³-hybridized carbons (Fsp3) is 0.786. The van der Waals surface area contributed by atoms with Gasteiger partial charge < -0.3 is 10.1 Å². The van der Waals surface area contributed by atoms with Gasteiger partial charge >= 0.3 is 12.0 Å². The van der Waals surface area contributed by atoms with Crippen molar-refractivity contribution in [2.75, 3.05) is 13.7 Å². The SMILES string of the molecule is CCC1CCC2(CC1)NC(=O)N(CCC(=O)OC)C2=O. The van der Waals surface area contributed by atoms with Crippen LogP contribution in [-0.2, 0) is 14.3 Å². The number of nitrogens with zero attached hydrogens (tertiary/aromatic N) is 1. The summed E-state index contributed by atoms with van der Waals surface area (Å²) in [4.78, 5) is 36.7. The van der Waals surface area contributed by atoms with E-state index in [1.807, 2.05) is 0 Å². The molecule has 1 heterocycles. The number of nitrogens with one attached hydrogen (secondary N) is 1. The fourth-order valence-corrected chi connectivity index (χ4v) is 3.10. The van der Waals surface area contributed by atoms with Gasteiger partial charge in [-0.2, -0.15) is 0 Å². The number of methoxy groups -OCH3 is 1. The molecular formula is C14H22N2O4. The molecule has 1 saturated carbocycles. The van der Waals surface area contributed by atoms with E-state index in [0.717, 1.165) is 24.2 Å². The predicted molar refractivity (Wildman–Crippen MR) is 71.9 cm³/mol. The van der Waals surface area contributed by atoms with Crippen molar-refractivity contribution in [3.63, 3.8) is 0 Å². The van der Waals surface area contributed by atoms with Gasteiger partial charge in [-0.1, -0.05) is 13.3 Å². The molecule has 2 fully saturated rings. The van der Waals surface area contributed by atoms with Crippen LogP contribution < -0.4 is 5.32 Å². The molecule has 0 bridgehead atoms. The maximum Gasteiger partial charge on any atom is 0.325 e. The van der Waals surface area contributed by atoms with E-state index in [2.05, 4.69) is 17.0 Å². The van der Waals surface area contributed by atoms with E-state index in [4.69, 9.17) is 0 Å². The zero-order valence-electron chi connectivity index (χ0n) is 12.1. The highest BCUT2D eigenvalue weighted by Gasteiger charge is 2.52. The van der Waals surface area contributed by atoms with E-state index >= 15 is 0 Å². The number of carbonyl (C=O) groups is 3. The van der Waals surface area contributed by atoms with Crippen molar-refractivity contribution >= 4 is 17.9 Å². The zero-order valence-corrected chi connectivity index (χ0v) is 12.1. The Labute approximate surface area is 118 Å².